The smallest absolute Gasteiger partial charge is 0.253 e. The third kappa shape index (κ3) is 5.39. The Morgan fingerprint density at radius 2 is 1.97 bits per heavy atom. The second-order valence-electron chi connectivity index (χ2n) is 6.36. The molecule has 2 heterocycles. The second-order valence-corrected chi connectivity index (χ2v) is 9.82. The summed E-state index contributed by atoms with van der Waals surface area (Å²) in [5, 5.41) is 3.47. The van der Waals surface area contributed by atoms with E-state index in [9.17, 15) is 17.6 Å². The number of hydrogen-bond acceptors (Lipinski definition) is 6. The van der Waals surface area contributed by atoms with Gasteiger partial charge in [-0.3, -0.25) is 9.78 Å². The molecule has 2 aromatic heterocycles. The summed E-state index contributed by atoms with van der Waals surface area (Å²) in [6, 6.07) is 6.25. The topological polar surface area (TPSA) is 101 Å². The van der Waals surface area contributed by atoms with Crippen LogP contribution in [0.2, 0.25) is 5.02 Å². The van der Waals surface area contributed by atoms with Gasteiger partial charge in [0.05, 0.1) is 45.0 Å². The number of pyridine rings is 1. The van der Waals surface area contributed by atoms with Crippen LogP contribution in [0.3, 0.4) is 0 Å². The van der Waals surface area contributed by atoms with E-state index in [2.05, 4.69) is 20.0 Å². The Morgan fingerprint density at radius 1 is 1.20 bits per heavy atom. The Balaban J connectivity index is 1.59. The number of amides is 1. The van der Waals surface area contributed by atoms with Crippen molar-refractivity contribution in [3.63, 3.8) is 0 Å². The summed E-state index contributed by atoms with van der Waals surface area (Å²) in [5.74, 6) is -0.993. The first-order valence-corrected chi connectivity index (χ1v) is 11.4. The summed E-state index contributed by atoms with van der Waals surface area (Å²) in [6.07, 6.45) is 1.37. The van der Waals surface area contributed by atoms with Crippen molar-refractivity contribution < 1.29 is 17.6 Å². The number of carbonyl (C=O) groups excluding carboxylic acids is 1. The number of nitrogens with zero attached hydrogens (tertiary/aromatic N) is 2. The standard InChI is InChI=1S/C19H18ClFN4O3S2/c1-11-18(29-12(2)25-11)10-23-19(26)13-3-4-14(22-8-13)9-24-30(27,28)15-5-6-17(21)16(20)7-15/h3-8,24H,9-10H2,1-2H3,(H,23,26). The van der Waals surface area contributed by atoms with Crippen molar-refractivity contribution in [1.82, 2.24) is 20.0 Å². The summed E-state index contributed by atoms with van der Waals surface area (Å²) in [7, 11) is -3.89. The van der Waals surface area contributed by atoms with Crippen molar-refractivity contribution >= 4 is 38.9 Å². The minimum absolute atomic E-state index is 0.0986. The first kappa shape index (κ1) is 22.3. The maximum Gasteiger partial charge on any atom is 0.253 e. The van der Waals surface area contributed by atoms with Crippen molar-refractivity contribution in [1.29, 1.82) is 0 Å². The zero-order valence-corrected chi connectivity index (χ0v) is 18.5. The summed E-state index contributed by atoms with van der Waals surface area (Å²) in [4.78, 5) is 21.6. The number of carbonyl (C=O) groups is 1. The molecule has 0 atom stereocenters. The zero-order valence-electron chi connectivity index (χ0n) is 16.1. The molecule has 30 heavy (non-hydrogen) atoms. The number of nitrogens with one attached hydrogen (secondary N) is 2. The highest BCUT2D eigenvalue weighted by Gasteiger charge is 2.16. The lowest BCUT2D eigenvalue weighted by molar-refractivity contribution is 0.0951. The monoisotopic (exact) mass is 468 g/mol. The van der Waals surface area contributed by atoms with E-state index in [4.69, 9.17) is 11.6 Å². The van der Waals surface area contributed by atoms with Gasteiger partial charge in [-0.2, -0.15) is 0 Å². The van der Waals surface area contributed by atoms with Gasteiger partial charge in [-0.25, -0.2) is 22.5 Å². The molecule has 158 valence electrons. The van der Waals surface area contributed by atoms with E-state index in [1.54, 1.807) is 12.1 Å². The van der Waals surface area contributed by atoms with Gasteiger partial charge in [0.25, 0.3) is 5.91 Å². The van der Waals surface area contributed by atoms with Crippen molar-refractivity contribution in [2.45, 2.75) is 31.8 Å². The number of thiazole rings is 1. The molecular formula is C19H18ClFN4O3S2. The fraction of sp³-hybridized carbons (Fsp3) is 0.211. The lowest BCUT2D eigenvalue weighted by atomic mass is 10.2. The molecule has 0 unspecified atom stereocenters. The normalized spacial score (nSPS) is 11.5. The Labute approximate surface area is 182 Å². The van der Waals surface area contributed by atoms with Crippen molar-refractivity contribution in [2.24, 2.45) is 0 Å². The lowest BCUT2D eigenvalue weighted by Gasteiger charge is -2.08. The summed E-state index contributed by atoms with van der Waals surface area (Å²) in [5.41, 5.74) is 1.66. The van der Waals surface area contributed by atoms with Gasteiger partial charge in [-0.1, -0.05) is 11.6 Å². The van der Waals surface area contributed by atoms with Crippen LogP contribution in [0.15, 0.2) is 41.4 Å². The molecule has 11 heteroatoms. The Bertz CT molecular complexity index is 1180. The van der Waals surface area contributed by atoms with Crippen molar-refractivity contribution in [3.8, 4) is 0 Å². The second kappa shape index (κ2) is 9.17. The molecule has 1 aromatic carbocycles. The van der Waals surface area contributed by atoms with E-state index in [-0.39, 0.29) is 22.4 Å². The number of aromatic nitrogens is 2. The molecule has 7 nitrogen and oxygen atoms in total. The van der Waals surface area contributed by atoms with E-state index < -0.39 is 15.8 Å². The third-order valence-corrected chi connectivity index (χ3v) is 6.90. The van der Waals surface area contributed by atoms with Crippen molar-refractivity contribution in [3.05, 3.63) is 74.2 Å². The molecule has 0 aliphatic carbocycles. The van der Waals surface area contributed by atoms with Crippen LogP contribution in [0.5, 0.6) is 0 Å². The molecule has 0 saturated heterocycles. The maximum atomic E-state index is 13.2. The van der Waals surface area contributed by atoms with Gasteiger partial charge in [0, 0.05) is 11.1 Å². The minimum Gasteiger partial charge on any atom is -0.347 e. The molecule has 0 spiro atoms. The average Bonchev–Trinajstić information content (AvgIpc) is 3.04. The van der Waals surface area contributed by atoms with Crippen LogP contribution in [0, 0.1) is 19.7 Å². The van der Waals surface area contributed by atoms with Gasteiger partial charge >= 0.3 is 0 Å². The lowest BCUT2D eigenvalue weighted by Crippen LogP contribution is -2.25. The molecule has 1 amide bonds. The van der Waals surface area contributed by atoms with Gasteiger partial charge in [-0.15, -0.1) is 11.3 Å². The zero-order chi connectivity index (χ0) is 21.9. The highest BCUT2D eigenvalue weighted by Crippen LogP contribution is 2.19. The molecule has 0 saturated carbocycles. The molecule has 3 rings (SSSR count). The van der Waals surface area contributed by atoms with Gasteiger partial charge in [0.15, 0.2) is 0 Å². The summed E-state index contributed by atoms with van der Waals surface area (Å²) in [6.45, 7) is 4.07. The molecule has 0 radical (unpaired) electrons. The molecular weight excluding hydrogens is 451 g/mol. The van der Waals surface area contributed by atoms with Crippen LogP contribution in [0.1, 0.15) is 31.6 Å². The Kier molecular flexibility index (Phi) is 6.81. The highest BCUT2D eigenvalue weighted by molar-refractivity contribution is 7.89. The maximum absolute atomic E-state index is 13.2. The first-order chi connectivity index (χ1) is 14.2. The van der Waals surface area contributed by atoms with Crippen LogP contribution in [0.4, 0.5) is 4.39 Å². The molecule has 0 fully saturated rings. The van der Waals surface area contributed by atoms with Gasteiger partial charge in [0.1, 0.15) is 5.82 Å². The molecule has 0 aliphatic heterocycles. The van der Waals surface area contributed by atoms with Crippen LogP contribution >= 0.6 is 22.9 Å². The fourth-order valence-corrected chi connectivity index (χ4v) is 4.71. The molecule has 0 aliphatic rings. The predicted octanol–water partition coefficient (Wildman–Crippen LogP) is 3.36. The largest absolute Gasteiger partial charge is 0.347 e. The summed E-state index contributed by atoms with van der Waals surface area (Å²) >= 11 is 7.17. The number of sulfonamides is 1. The number of aryl methyl sites for hydroxylation is 2. The Hall–Kier alpha value is -2.40. The fourth-order valence-electron chi connectivity index (χ4n) is 2.56. The number of halogens is 2. The quantitative estimate of drug-likeness (QED) is 0.553. The number of benzene rings is 1. The third-order valence-electron chi connectivity index (χ3n) is 4.14. The summed E-state index contributed by atoms with van der Waals surface area (Å²) < 4.78 is 40.2. The number of hydrogen-bond donors (Lipinski definition) is 2. The highest BCUT2D eigenvalue weighted by atomic mass is 35.5. The molecule has 3 aromatic rings. The Morgan fingerprint density at radius 3 is 2.57 bits per heavy atom. The first-order valence-electron chi connectivity index (χ1n) is 8.76. The van der Waals surface area contributed by atoms with E-state index in [0.29, 0.717) is 17.8 Å². The predicted molar refractivity (Wildman–Crippen MR) is 112 cm³/mol. The van der Waals surface area contributed by atoms with E-state index in [1.165, 1.54) is 17.5 Å². The van der Waals surface area contributed by atoms with E-state index in [0.717, 1.165) is 33.8 Å². The molecule has 0 bridgehead atoms. The van der Waals surface area contributed by atoms with Crippen LogP contribution in [-0.2, 0) is 23.1 Å². The van der Waals surface area contributed by atoms with E-state index in [1.807, 2.05) is 13.8 Å². The van der Waals surface area contributed by atoms with Crippen LogP contribution in [0.25, 0.3) is 0 Å². The van der Waals surface area contributed by atoms with Gasteiger partial charge in [0.2, 0.25) is 10.0 Å². The number of rotatable bonds is 7. The SMILES string of the molecule is Cc1nc(C)c(CNC(=O)c2ccc(CNS(=O)(=O)c3ccc(F)c(Cl)c3)nc2)s1. The minimum atomic E-state index is -3.89. The average molecular weight is 469 g/mol. The van der Waals surface area contributed by atoms with Crippen molar-refractivity contribution in [2.75, 3.05) is 0 Å². The van der Waals surface area contributed by atoms with Crippen LogP contribution < -0.4 is 10.0 Å². The van der Waals surface area contributed by atoms with Gasteiger partial charge < -0.3 is 5.32 Å². The van der Waals surface area contributed by atoms with E-state index >= 15 is 0 Å². The van der Waals surface area contributed by atoms with Crippen LogP contribution in [-0.4, -0.2) is 24.3 Å². The van der Waals surface area contributed by atoms with Gasteiger partial charge in [-0.05, 0) is 44.2 Å². The molecule has 2 N–H and O–H groups in total.